The van der Waals surface area contributed by atoms with Crippen molar-refractivity contribution in [2.75, 3.05) is 38.0 Å². The highest BCUT2D eigenvalue weighted by atomic mass is 16.5. The van der Waals surface area contributed by atoms with E-state index in [1.54, 1.807) is 30.3 Å². The summed E-state index contributed by atoms with van der Waals surface area (Å²) >= 11 is 0. The molecule has 0 heterocycles. The Labute approximate surface area is 174 Å². The molecule has 30 heavy (non-hydrogen) atoms. The first kappa shape index (κ1) is 22.2. The number of carbonyl (C=O) groups excluding carboxylic acids is 3. The Bertz CT molecular complexity index is 1000. The van der Waals surface area contributed by atoms with Gasteiger partial charge in [0.25, 0.3) is 5.91 Å². The third kappa shape index (κ3) is 6.21. The summed E-state index contributed by atoms with van der Waals surface area (Å²) in [6.45, 7) is -0.583. The maximum atomic E-state index is 12.1. The highest BCUT2D eigenvalue weighted by Gasteiger charge is 2.14. The third-order valence-corrected chi connectivity index (χ3v) is 3.96. The van der Waals surface area contributed by atoms with Gasteiger partial charge in [-0.25, -0.2) is 9.59 Å². The zero-order valence-corrected chi connectivity index (χ0v) is 16.8. The van der Waals surface area contributed by atoms with Gasteiger partial charge in [-0.05, 0) is 42.0 Å². The average Bonchev–Trinajstić information content (AvgIpc) is 2.75. The highest BCUT2D eigenvalue weighted by molar-refractivity contribution is 6.00. The minimum absolute atomic E-state index is 0.229. The normalized spacial score (nSPS) is 10.5. The summed E-state index contributed by atoms with van der Waals surface area (Å²) in [5.74, 6) is -2.06. The number of carbonyl (C=O) groups is 3. The van der Waals surface area contributed by atoms with Crippen LogP contribution in [0.15, 0.2) is 54.1 Å². The summed E-state index contributed by atoms with van der Waals surface area (Å²) in [7, 11) is 5.06. The second kappa shape index (κ2) is 10.4. The fourth-order valence-electron chi connectivity index (χ4n) is 2.42. The summed E-state index contributed by atoms with van der Waals surface area (Å²) < 4.78 is 9.54. The van der Waals surface area contributed by atoms with Crippen molar-refractivity contribution in [2.45, 2.75) is 0 Å². The van der Waals surface area contributed by atoms with E-state index in [1.807, 2.05) is 31.1 Å². The molecule has 0 saturated heterocycles. The first-order chi connectivity index (χ1) is 14.3. The number of benzene rings is 2. The predicted octanol–water partition coefficient (Wildman–Crippen LogP) is 2.63. The summed E-state index contributed by atoms with van der Waals surface area (Å²) in [6.07, 6.45) is 1.39. The standard InChI is InChI=1S/C22H21N3O5/c1-25(2)19-9-7-15(8-10-19)11-17(13-23)22(28)30-14-20(26)24-18-6-4-5-16(12-18)21(27)29-3/h4-12H,14H2,1-3H3,(H,24,26)/b17-11+. The molecule has 0 aromatic heterocycles. The number of hydrogen-bond acceptors (Lipinski definition) is 7. The topological polar surface area (TPSA) is 109 Å². The van der Waals surface area contributed by atoms with Crippen LogP contribution in [0, 0.1) is 11.3 Å². The molecule has 0 radical (unpaired) electrons. The van der Waals surface area contributed by atoms with Crippen LogP contribution >= 0.6 is 0 Å². The highest BCUT2D eigenvalue weighted by Crippen LogP contribution is 2.15. The monoisotopic (exact) mass is 407 g/mol. The maximum absolute atomic E-state index is 12.1. The Hall–Kier alpha value is -4.12. The van der Waals surface area contributed by atoms with E-state index in [4.69, 9.17) is 4.74 Å². The van der Waals surface area contributed by atoms with Crippen molar-refractivity contribution in [1.82, 2.24) is 0 Å². The van der Waals surface area contributed by atoms with E-state index in [1.165, 1.54) is 25.3 Å². The fourth-order valence-corrected chi connectivity index (χ4v) is 2.42. The molecule has 8 nitrogen and oxygen atoms in total. The van der Waals surface area contributed by atoms with Gasteiger partial charge in [0.15, 0.2) is 6.61 Å². The van der Waals surface area contributed by atoms with Crippen LogP contribution in [0.4, 0.5) is 11.4 Å². The summed E-state index contributed by atoms with van der Waals surface area (Å²) in [5, 5.41) is 11.7. The minimum atomic E-state index is -0.910. The van der Waals surface area contributed by atoms with E-state index in [2.05, 4.69) is 10.1 Å². The van der Waals surface area contributed by atoms with Crippen LogP contribution in [-0.4, -0.2) is 45.7 Å². The average molecular weight is 407 g/mol. The van der Waals surface area contributed by atoms with Crippen LogP contribution in [0.25, 0.3) is 6.08 Å². The maximum Gasteiger partial charge on any atom is 0.349 e. The van der Waals surface area contributed by atoms with E-state index in [0.717, 1.165) is 5.69 Å². The van der Waals surface area contributed by atoms with Gasteiger partial charge in [-0.3, -0.25) is 4.79 Å². The van der Waals surface area contributed by atoms with Gasteiger partial charge in [-0.15, -0.1) is 0 Å². The minimum Gasteiger partial charge on any atom is -0.465 e. The molecular weight excluding hydrogens is 386 g/mol. The molecule has 1 amide bonds. The number of esters is 2. The van der Waals surface area contributed by atoms with Crippen LogP contribution < -0.4 is 10.2 Å². The number of nitriles is 1. The molecule has 0 saturated carbocycles. The smallest absolute Gasteiger partial charge is 0.349 e. The lowest BCUT2D eigenvalue weighted by Gasteiger charge is -2.11. The molecule has 2 aromatic rings. The Morgan fingerprint density at radius 2 is 1.83 bits per heavy atom. The van der Waals surface area contributed by atoms with Gasteiger partial charge in [-0.1, -0.05) is 18.2 Å². The molecule has 0 atom stereocenters. The van der Waals surface area contributed by atoms with Gasteiger partial charge >= 0.3 is 11.9 Å². The van der Waals surface area contributed by atoms with Gasteiger partial charge in [0, 0.05) is 25.5 Å². The van der Waals surface area contributed by atoms with Gasteiger partial charge in [0.2, 0.25) is 0 Å². The SMILES string of the molecule is COC(=O)c1cccc(NC(=O)COC(=O)/C(C#N)=C/c2ccc(N(C)C)cc2)c1. The number of nitrogens with one attached hydrogen (secondary N) is 1. The van der Waals surface area contributed by atoms with Crippen molar-refractivity contribution in [3.8, 4) is 6.07 Å². The molecule has 0 fully saturated rings. The van der Waals surface area contributed by atoms with Gasteiger partial charge < -0.3 is 19.7 Å². The molecule has 0 spiro atoms. The van der Waals surface area contributed by atoms with Crippen molar-refractivity contribution in [2.24, 2.45) is 0 Å². The molecule has 2 aromatic carbocycles. The van der Waals surface area contributed by atoms with Crippen molar-refractivity contribution >= 4 is 35.3 Å². The number of nitrogens with zero attached hydrogens (tertiary/aromatic N) is 2. The van der Waals surface area contributed by atoms with Crippen molar-refractivity contribution in [1.29, 1.82) is 5.26 Å². The Balaban J connectivity index is 1.97. The lowest BCUT2D eigenvalue weighted by atomic mass is 10.1. The summed E-state index contributed by atoms with van der Waals surface area (Å²) in [4.78, 5) is 37.6. The molecule has 0 bridgehead atoms. The number of rotatable bonds is 7. The van der Waals surface area contributed by atoms with E-state index in [-0.39, 0.29) is 11.1 Å². The summed E-state index contributed by atoms with van der Waals surface area (Å²) in [5.41, 5.74) is 2.01. The van der Waals surface area contributed by atoms with Crippen molar-refractivity contribution in [3.05, 3.63) is 65.2 Å². The Kier molecular flexibility index (Phi) is 7.71. The van der Waals surface area contributed by atoms with Crippen LogP contribution in [0.3, 0.4) is 0 Å². The van der Waals surface area contributed by atoms with Crippen molar-refractivity contribution < 1.29 is 23.9 Å². The largest absolute Gasteiger partial charge is 0.465 e. The number of ether oxygens (including phenoxy) is 2. The molecule has 2 rings (SSSR count). The van der Waals surface area contributed by atoms with Crippen LogP contribution in [0.2, 0.25) is 0 Å². The molecule has 0 aliphatic heterocycles. The molecule has 8 heteroatoms. The first-order valence-electron chi connectivity index (χ1n) is 8.88. The zero-order valence-electron chi connectivity index (χ0n) is 16.8. The lowest BCUT2D eigenvalue weighted by Crippen LogP contribution is -2.21. The molecular formula is C22H21N3O5. The van der Waals surface area contributed by atoms with E-state index in [9.17, 15) is 19.6 Å². The number of anilines is 2. The predicted molar refractivity (Wildman–Crippen MR) is 112 cm³/mol. The van der Waals surface area contributed by atoms with Crippen LogP contribution in [-0.2, 0) is 19.1 Å². The molecule has 1 N–H and O–H groups in total. The third-order valence-electron chi connectivity index (χ3n) is 3.96. The second-order valence-electron chi connectivity index (χ2n) is 6.35. The quantitative estimate of drug-likeness (QED) is 0.427. The number of methoxy groups -OCH3 is 1. The van der Waals surface area contributed by atoms with E-state index < -0.39 is 24.5 Å². The van der Waals surface area contributed by atoms with Gasteiger partial charge in [0.05, 0.1) is 12.7 Å². The van der Waals surface area contributed by atoms with Crippen molar-refractivity contribution in [3.63, 3.8) is 0 Å². The zero-order chi connectivity index (χ0) is 22.1. The molecule has 0 aliphatic rings. The number of hydrogen-bond donors (Lipinski definition) is 1. The lowest BCUT2D eigenvalue weighted by molar-refractivity contribution is -0.142. The molecule has 0 unspecified atom stereocenters. The first-order valence-corrected chi connectivity index (χ1v) is 8.88. The summed E-state index contributed by atoms with van der Waals surface area (Å²) in [6, 6.07) is 15.1. The van der Waals surface area contributed by atoms with Crippen LogP contribution in [0.5, 0.6) is 0 Å². The molecule has 154 valence electrons. The van der Waals surface area contributed by atoms with Crippen LogP contribution in [0.1, 0.15) is 15.9 Å². The Morgan fingerprint density at radius 3 is 2.43 bits per heavy atom. The van der Waals surface area contributed by atoms with Gasteiger partial charge in [0.1, 0.15) is 11.6 Å². The Morgan fingerprint density at radius 1 is 1.13 bits per heavy atom. The van der Waals surface area contributed by atoms with Gasteiger partial charge in [-0.2, -0.15) is 5.26 Å². The second-order valence-corrected chi connectivity index (χ2v) is 6.35. The van der Waals surface area contributed by atoms with E-state index >= 15 is 0 Å². The number of amides is 1. The van der Waals surface area contributed by atoms with E-state index in [0.29, 0.717) is 11.3 Å². The fraction of sp³-hybridized carbons (Fsp3) is 0.182. The molecule has 0 aliphatic carbocycles.